The highest BCUT2D eigenvalue weighted by molar-refractivity contribution is 7.71. The maximum atomic E-state index is 13.7. The number of nitrogens with zero attached hydrogens (tertiary/aromatic N) is 2. The molecule has 0 aliphatic carbocycles. The average molecular weight is 252 g/mol. The van der Waals surface area contributed by atoms with E-state index in [4.69, 9.17) is 17.6 Å². The zero-order valence-electron chi connectivity index (χ0n) is 9.07. The number of halogens is 1. The molecule has 2 rings (SSSR count). The monoisotopic (exact) mass is 252 g/mol. The molecule has 0 amide bonds. The molecule has 2 aromatic heterocycles. The van der Waals surface area contributed by atoms with Gasteiger partial charge in [-0.25, -0.2) is 4.39 Å². The second-order valence-corrected chi connectivity index (χ2v) is 3.79. The molecule has 2 aromatic rings. The van der Waals surface area contributed by atoms with Gasteiger partial charge in [0.25, 0.3) is 0 Å². The summed E-state index contributed by atoms with van der Waals surface area (Å²) in [5, 5.41) is 15.4. The normalized spacial score (nSPS) is 12.0. The van der Waals surface area contributed by atoms with Crippen molar-refractivity contribution in [1.29, 1.82) is 5.41 Å². The van der Waals surface area contributed by atoms with Gasteiger partial charge in [-0.15, -0.1) is 0 Å². The smallest absolute Gasteiger partial charge is 0.199 e. The van der Waals surface area contributed by atoms with Crippen LogP contribution in [0.4, 0.5) is 4.39 Å². The van der Waals surface area contributed by atoms with Gasteiger partial charge in [0.2, 0.25) is 0 Å². The first kappa shape index (κ1) is 11.6. The zero-order chi connectivity index (χ0) is 12.4. The van der Waals surface area contributed by atoms with Crippen LogP contribution in [0.15, 0.2) is 18.5 Å². The van der Waals surface area contributed by atoms with E-state index in [2.05, 4.69) is 10.2 Å². The lowest BCUT2D eigenvalue weighted by Crippen LogP contribution is -2.72. The van der Waals surface area contributed by atoms with Crippen LogP contribution in [-0.4, -0.2) is 27.9 Å². The molecule has 0 radical (unpaired) electrons. The number of aromatic amines is 1. The van der Waals surface area contributed by atoms with Gasteiger partial charge in [-0.2, -0.15) is 5.10 Å². The predicted octanol–water partition coefficient (Wildman–Crippen LogP) is 0.715. The van der Waals surface area contributed by atoms with Crippen LogP contribution in [0.3, 0.4) is 0 Å². The molecule has 0 unspecified atom stereocenters. The number of H-pyrrole nitrogens is 1. The second-order valence-electron chi connectivity index (χ2n) is 3.40. The van der Waals surface area contributed by atoms with Crippen LogP contribution in [0.5, 0.6) is 0 Å². The van der Waals surface area contributed by atoms with Crippen molar-refractivity contribution in [3.8, 4) is 0 Å². The van der Waals surface area contributed by atoms with Gasteiger partial charge in [0, 0.05) is 18.0 Å². The highest BCUT2D eigenvalue weighted by Crippen LogP contribution is 2.15. The van der Waals surface area contributed by atoms with Gasteiger partial charge in [-0.3, -0.25) is 9.50 Å². The molecule has 0 saturated heterocycles. The van der Waals surface area contributed by atoms with E-state index in [1.54, 1.807) is 17.7 Å². The fraction of sp³-hybridized carbons (Fsp3) is 0.100. The Morgan fingerprint density at radius 3 is 3.12 bits per heavy atom. The van der Waals surface area contributed by atoms with Gasteiger partial charge in [0.1, 0.15) is 6.20 Å². The summed E-state index contributed by atoms with van der Waals surface area (Å²) in [6, 6.07) is 1.34. The second kappa shape index (κ2) is 4.56. The molecule has 0 spiro atoms. The zero-order valence-corrected chi connectivity index (χ0v) is 9.88. The van der Waals surface area contributed by atoms with E-state index in [1.165, 1.54) is 16.7 Å². The fourth-order valence-electron chi connectivity index (χ4n) is 1.54. The Bertz CT molecular complexity index is 654. The SMILES string of the molecule is C[NH2+]/C=C(\C=N)c1cc(F)c2n[nH]c(=S)n2c1. The minimum Gasteiger partial charge on any atom is -0.322 e. The first-order valence-corrected chi connectivity index (χ1v) is 5.35. The lowest BCUT2D eigenvalue weighted by Gasteiger charge is -2.02. The first-order valence-electron chi connectivity index (χ1n) is 4.94. The summed E-state index contributed by atoms with van der Waals surface area (Å²) in [4.78, 5) is 0. The third kappa shape index (κ3) is 2.02. The van der Waals surface area contributed by atoms with Crippen LogP contribution >= 0.6 is 12.2 Å². The molecule has 2 heterocycles. The standard InChI is InChI=1S/C10H10FN5S/c1-13-4-7(3-12)6-2-8(11)9-14-15-10(17)16(9)5-6/h2-5,12-13H,1H3,(H,15,17)/p+1/b7-4+,12-3?. The molecule has 0 aromatic carbocycles. The van der Waals surface area contributed by atoms with E-state index in [0.717, 1.165) is 0 Å². The first-order chi connectivity index (χ1) is 8.17. The Hall–Kier alpha value is -1.86. The van der Waals surface area contributed by atoms with E-state index in [1.807, 2.05) is 7.05 Å². The third-order valence-corrected chi connectivity index (χ3v) is 2.59. The molecule has 4 N–H and O–H groups in total. The highest BCUT2D eigenvalue weighted by Gasteiger charge is 2.09. The van der Waals surface area contributed by atoms with Crippen molar-refractivity contribution in [1.82, 2.24) is 14.6 Å². The van der Waals surface area contributed by atoms with Crippen LogP contribution < -0.4 is 5.32 Å². The minimum atomic E-state index is -0.473. The molecule has 0 fully saturated rings. The topological polar surface area (TPSA) is 73.5 Å². The molecule has 0 atom stereocenters. The third-order valence-electron chi connectivity index (χ3n) is 2.30. The quantitative estimate of drug-likeness (QED) is 0.556. The summed E-state index contributed by atoms with van der Waals surface area (Å²) in [6.07, 6.45) is 4.56. The number of nitrogens with two attached hydrogens (primary N) is 1. The molecule has 5 nitrogen and oxygen atoms in total. The molecule has 0 aliphatic heterocycles. The van der Waals surface area contributed by atoms with Gasteiger partial charge in [-0.1, -0.05) is 0 Å². The summed E-state index contributed by atoms with van der Waals surface area (Å²) in [5.41, 5.74) is 1.35. The Balaban J connectivity index is 2.71. The van der Waals surface area contributed by atoms with Gasteiger partial charge >= 0.3 is 0 Å². The van der Waals surface area contributed by atoms with Crippen LogP contribution in [0.2, 0.25) is 0 Å². The molecular formula is C10H11FN5S+. The molecule has 0 bridgehead atoms. The number of aromatic nitrogens is 3. The van der Waals surface area contributed by atoms with Crippen molar-refractivity contribution in [3.63, 3.8) is 0 Å². The Morgan fingerprint density at radius 2 is 2.47 bits per heavy atom. The number of hydrogen-bond acceptors (Lipinski definition) is 3. The van der Waals surface area contributed by atoms with Gasteiger partial charge < -0.3 is 10.7 Å². The number of quaternary nitrogens is 1. The Labute approximate surface area is 101 Å². The predicted molar refractivity (Wildman–Crippen MR) is 64.9 cm³/mol. The maximum Gasteiger partial charge on any atom is 0.199 e. The van der Waals surface area contributed by atoms with Crippen molar-refractivity contribution in [2.24, 2.45) is 0 Å². The summed E-state index contributed by atoms with van der Waals surface area (Å²) in [6.45, 7) is 0. The van der Waals surface area contributed by atoms with Gasteiger partial charge in [0.15, 0.2) is 16.2 Å². The van der Waals surface area contributed by atoms with Crippen molar-refractivity contribution < 1.29 is 9.71 Å². The molecular weight excluding hydrogens is 241 g/mol. The number of nitrogens with one attached hydrogen (secondary N) is 2. The van der Waals surface area contributed by atoms with Crippen molar-refractivity contribution in [2.75, 3.05) is 7.05 Å². The van der Waals surface area contributed by atoms with Crippen LogP contribution in [0.1, 0.15) is 5.56 Å². The lowest BCUT2D eigenvalue weighted by atomic mass is 10.1. The summed E-state index contributed by atoms with van der Waals surface area (Å²) >= 11 is 4.99. The summed E-state index contributed by atoms with van der Waals surface area (Å²) < 4.78 is 15.5. The number of rotatable bonds is 3. The summed E-state index contributed by atoms with van der Waals surface area (Å²) in [5.74, 6) is -0.473. The molecule has 7 heteroatoms. The Morgan fingerprint density at radius 1 is 1.71 bits per heavy atom. The van der Waals surface area contributed by atoms with Crippen molar-refractivity contribution >= 4 is 29.7 Å². The number of pyridine rings is 1. The van der Waals surface area contributed by atoms with E-state index >= 15 is 0 Å². The molecule has 0 saturated carbocycles. The van der Waals surface area contributed by atoms with Gasteiger partial charge in [-0.05, 0) is 18.3 Å². The minimum absolute atomic E-state index is 0.156. The maximum absolute atomic E-state index is 13.7. The lowest BCUT2D eigenvalue weighted by molar-refractivity contribution is -0.555. The number of fused-ring (bicyclic) bond motifs is 1. The van der Waals surface area contributed by atoms with Gasteiger partial charge in [0.05, 0.1) is 12.6 Å². The largest absolute Gasteiger partial charge is 0.322 e. The van der Waals surface area contributed by atoms with Crippen LogP contribution in [0.25, 0.3) is 11.2 Å². The average Bonchev–Trinajstić information content (AvgIpc) is 2.69. The highest BCUT2D eigenvalue weighted by atomic mass is 32.1. The van der Waals surface area contributed by atoms with Crippen molar-refractivity contribution in [3.05, 3.63) is 34.6 Å². The number of hydrogen-bond donors (Lipinski definition) is 3. The van der Waals surface area contributed by atoms with E-state index in [0.29, 0.717) is 15.9 Å². The molecule has 17 heavy (non-hydrogen) atoms. The van der Waals surface area contributed by atoms with E-state index in [-0.39, 0.29) is 5.65 Å². The fourth-order valence-corrected chi connectivity index (χ4v) is 1.72. The number of allylic oxidation sites excluding steroid dienone is 1. The molecule has 0 aliphatic rings. The van der Waals surface area contributed by atoms with Crippen LogP contribution in [0, 0.1) is 16.0 Å². The van der Waals surface area contributed by atoms with E-state index in [9.17, 15) is 4.39 Å². The van der Waals surface area contributed by atoms with E-state index < -0.39 is 5.82 Å². The van der Waals surface area contributed by atoms with Crippen LogP contribution in [-0.2, 0) is 0 Å². The Kier molecular flexibility index (Phi) is 3.12. The molecule has 88 valence electrons. The van der Waals surface area contributed by atoms with Crippen molar-refractivity contribution in [2.45, 2.75) is 0 Å². The summed E-state index contributed by atoms with van der Waals surface area (Å²) in [7, 11) is 1.84.